The van der Waals surface area contributed by atoms with Gasteiger partial charge in [-0.1, -0.05) is 43.0 Å². The minimum atomic E-state index is -0.755. The van der Waals surface area contributed by atoms with Crippen molar-refractivity contribution in [1.82, 2.24) is 10.4 Å². The van der Waals surface area contributed by atoms with Gasteiger partial charge in [0.05, 0.1) is 13.7 Å². The Kier molecular flexibility index (Phi) is 8.36. The molecule has 0 aliphatic carbocycles. The number of nitrogens with zero attached hydrogens (tertiary/aromatic N) is 2. The molecule has 0 aromatic heterocycles. The van der Waals surface area contributed by atoms with Crippen LogP contribution in [-0.4, -0.2) is 49.4 Å². The molecule has 7 nitrogen and oxygen atoms in total. The van der Waals surface area contributed by atoms with E-state index in [1.807, 2.05) is 24.3 Å². The van der Waals surface area contributed by atoms with Crippen molar-refractivity contribution in [2.24, 2.45) is 4.99 Å². The monoisotopic (exact) mass is 397 g/mol. The molecule has 1 aliphatic heterocycles. The fourth-order valence-corrected chi connectivity index (χ4v) is 2.79. The van der Waals surface area contributed by atoms with Crippen LogP contribution >= 0.6 is 0 Å². The number of hydrogen-bond acceptors (Lipinski definition) is 5. The molecular weight excluding hydrogens is 370 g/mol. The van der Waals surface area contributed by atoms with Gasteiger partial charge >= 0.3 is 0 Å². The van der Waals surface area contributed by atoms with E-state index in [-0.39, 0.29) is 11.8 Å². The van der Waals surface area contributed by atoms with Gasteiger partial charge in [-0.15, -0.1) is 0 Å². The van der Waals surface area contributed by atoms with Crippen molar-refractivity contribution in [3.8, 4) is 0 Å². The Morgan fingerprint density at radius 2 is 2.07 bits per heavy atom. The summed E-state index contributed by atoms with van der Waals surface area (Å²) in [6.07, 6.45) is 8.00. The lowest BCUT2D eigenvalue weighted by atomic mass is 10.0. The van der Waals surface area contributed by atoms with Crippen molar-refractivity contribution in [3.63, 3.8) is 0 Å². The van der Waals surface area contributed by atoms with Gasteiger partial charge in [0.15, 0.2) is 0 Å². The Labute approximate surface area is 171 Å². The summed E-state index contributed by atoms with van der Waals surface area (Å²) in [6.45, 7) is 5.92. The van der Waals surface area contributed by atoms with Gasteiger partial charge in [-0.05, 0) is 31.9 Å². The number of aliphatic imine (C=N–C) groups is 1. The van der Waals surface area contributed by atoms with Gasteiger partial charge in [0.25, 0.3) is 11.8 Å². The lowest BCUT2D eigenvalue weighted by Crippen LogP contribution is -2.47. The van der Waals surface area contributed by atoms with Gasteiger partial charge in [0, 0.05) is 23.9 Å². The topological polar surface area (TPSA) is 80.2 Å². The molecule has 0 bridgehead atoms. The summed E-state index contributed by atoms with van der Waals surface area (Å²) in [7, 11) is 2.91. The number of hydrogen-bond donors (Lipinski definition) is 1. The van der Waals surface area contributed by atoms with Crippen LogP contribution in [-0.2, 0) is 14.4 Å². The lowest BCUT2D eigenvalue weighted by molar-refractivity contribution is -0.170. The first-order valence-corrected chi connectivity index (χ1v) is 9.35. The Hall–Kier alpha value is -3.19. The number of benzene rings is 1. The van der Waals surface area contributed by atoms with Crippen molar-refractivity contribution >= 4 is 17.5 Å². The lowest BCUT2D eigenvalue weighted by Gasteiger charge is -2.22. The van der Waals surface area contributed by atoms with E-state index in [2.05, 4.69) is 16.9 Å². The average Bonchev–Trinajstić information content (AvgIpc) is 2.73. The van der Waals surface area contributed by atoms with Gasteiger partial charge < -0.3 is 10.1 Å². The van der Waals surface area contributed by atoms with Crippen LogP contribution < -0.4 is 5.32 Å². The molecule has 1 aromatic rings. The predicted molar refractivity (Wildman–Crippen MR) is 112 cm³/mol. The van der Waals surface area contributed by atoms with Gasteiger partial charge in [0.1, 0.15) is 6.04 Å². The van der Waals surface area contributed by atoms with Crippen molar-refractivity contribution in [2.45, 2.75) is 25.8 Å². The molecule has 1 aliphatic rings. The Morgan fingerprint density at radius 1 is 1.34 bits per heavy atom. The molecule has 7 heteroatoms. The van der Waals surface area contributed by atoms with E-state index in [0.717, 1.165) is 5.06 Å². The molecule has 0 radical (unpaired) electrons. The summed E-state index contributed by atoms with van der Waals surface area (Å²) in [5.41, 5.74) is 1.70. The van der Waals surface area contributed by atoms with Crippen molar-refractivity contribution < 1.29 is 19.2 Å². The number of carbonyl (C=O) groups is 2. The second kappa shape index (κ2) is 11.0. The van der Waals surface area contributed by atoms with Crippen molar-refractivity contribution in [3.05, 3.63) is 72.2 Å². The van der Waals surface area contributed by atoms with Crippen molar-refractivity contribution in [2.75, 3.05) is 20.8 Å². The fourth-order valence-electron chi connectivity index (χ4n) is 2.79. The molecular formula is C22H27N3O4. The summed E-state index contributed by atoms with van der Waals surface area (Å²) in [5.74, 6) is -0.278. The molecule has 1 atom stereocenters. The number of hydroxylamine groups is 2. The molecule has 1 N–H and O–H groups in total. The SMILES string of the molecule is C=C/C=C1\N=C(/C)c2ccccc2C(=O)N[C@H](C(=O)N(C)OC)C/C=C/CCO1. The van der Waals surface area contributed by atoms with Crippen LogP contribution in [0.2, 0.25) is 0 Å². The molecule has 1 aromatic carbocycles. The Balaban J connectivity index is 2.45. The second-order valence-corrected chi connectivity index (χ2v) is 6.37. The fraction of sp³-hybridized carbons (Fsp3) is 0.318. The molecule has 0 saturated heterocycles. The second-order valence-electron chi connectivity index (χ2n) is 6.37. The highest BCUT2D eigenvalue weighted by atomic mass is 16.7. The number of allylic oxidation sites excluding steroid dienone is 2. The van der Waals surface area contributed by atoms with E-state index < -0.39 is 6.04 Å². The summed E-state index contributed by atoms with van der Waals surface area (Å²) in [5, 5.41) is 3.93. The molecule has 0 fully saturated rings. The molecule has 0 saturated carbocycles. The predicted octanol–water partition coefficient (Wildman–Crippen LogP) is 3.01. The number of fused-ring (bicyclic) bond motifs is 1. The molecule has 1 heterocycles. The summed E-state index contributed by atoms with van der Waals surface area (Å²) in [4.78, 5) is 35.1. The Morgan fingerprint density at radius 3 is 2.76 bits per heavy atom. The van der Waals surface area contributed by atoms with E-state index >= 15 is 0 Å². The van der Waals surface area contributed by atoms with E-state index in [4.69, 9.17) is 9.57 Å². The summed E-state index contributed by atoms with van der Waals surface area (Å²) >= 11 is 0. The quantitative estimate of drug-likeness (QED) is 0.628. The zero-order chi connectivity index (χ0) is 21.2. The van der Waals surface area contributed by atoms with E-state index in [1.54, 1.807) is 31.2 Å². The maximum Gasteiger partial charge on any atom is 0.268 e. The Bertz CT molecular complexity index is 842. The number of rotatable bonds is 3. The number of likely N-dealkylation sites (N-methyl/N-ethyl adjacent to an activating group) is 1. The molecule has 154 valence electrons. The first kappa shape index (κ1) is 22.1. The van der Waals surface area contributed by atoms with Crippen LogP contribution in [0.25, 0.3) is 0 Å². The van der Waals surface area contributed by atoms with E-state index in [1.165, 1.54) is 14.2 Å². The van der Waals surface area contributed by atoms with Crippen LogP contribution in [0.5, 0.6) is 0 Å². The molecule has 29 heavy (non-hydrogen) atoms. The first-order valence-electron chi connectivity index (χ1n) is 9.35. The van der Waals surface area contributed by atoms with Crippen LogP contribution in [0.3, 0.4) is 0 Å². The molecule has 0 unspecified atom stereocenters. The minimum Gasteiger partial charge on any atom is -0.477 e. The third kappa shape index (κ3) is 6.15. The molecule has 0 spiro atoms. The first-order chi connectivity index (χ1) is 14.0. The molecule has 2 amide bonds. The van der Waals surface area contributed by atoms with Gasteiger partial charge in [-0.2, -0.15) is 0 Å². The van der Waals surface area contributed by atoms with Gasteiger partial charge in [-0.3, -0.25) is 14.4 Å². The van der Waals surface area contributed by atoms with Crippen LogP contribution in [0, 0.1) is 0 Å². The number of carbonyl (C=O) groups excluding carboxylic acids is 2. The largest absolute Gasteiger partial charge is 0.477 e. The van der Waals surface area contributed by atoms with E-state index in [9.17, 15) is 9.59 Å². The van der Waals surface area contributed by atoms with E-state index in [0.29, 0.717) is 42.2 Å². The van der Waals surface area contributed by atoms with Crippen LogP contribution in [0.1, 0.15) is 35.7 Å². The zero-order valence-electron chi connectivity index (χ0n) is 17.1. The number of amides is 2. The maximum atomic E-state index is 13.0. The third-order valence-electron chi connectivity index (χ3n) is 4.36. The van der Waals surface area contributed by atoms with Gasteiger partial charge in [0.2, 0.25) is 5.88 Å². The smallest absolute Gasteiger partial charge is 0.268 e. The molecule has 2 rings (SSSR count). The highest BCUT2D eigenvalue weighted by Gasteiger charge is 2.25. The average molecular weight is 397 g/mol. The third-order valence-corrected chi connectivity index (χ3v) is 4.36. The standard InChI is InChI=1S/C22H27N3O4/c1-5-11-20-23-16(2)17-12-8-9-13-18(17)21(26)24-19(22(27)25(3)28-4)14-7-6-10-15-29-20/h5-9,11-13,19H,1,10,14-15H2,2-4H3,(H,24,26)/b7-6+,20-11+,23-16+/t19-/m0/s1. The van der Waals surface area contributed by atoms with Crippen LogP contribution in [0.4, 0.5) is 0 Å². The van der Waals surface area contributed by atoms with Gasteiger partial charge in [-0.25, -0.2) is 10.1 Å². The number of ether oxygens (including phenoxy) is 1. The van der Waals surface area contributed by atoms with Crippen molar-refractivity contribution in [1.29, 1.82) is 0 Å². The summed E-state index contributed by atoms with van der Waals surface area (Å²) < 4.78 is 5.72. The zero-order valence-corrected chi connectivity index (χ0v) is 17.1. The summed E-state index contributed by atoms with van der Waals surface area (Å²) in [6, 6.07) is 6.35. The minimum absolute atomic E-state index is 0.336. The highest BCUT2D eigenvalue weighted by molar-refractivity contribution is 6.10. The number of nitrogens with one attached hydrogen (secondary N) is 1. The maximum absolute atomic E-state index is 13.0. The normalized spacial score (nSPS) is 22.2. The highest BCUT2D eigenvalue weighted by Crippen LogP contribution is 2.15. The van der Waals surface area contributed by atoms with Crippen LogP contribution in [0.15, 0.2) is 66.0 Å².